The van der Waals surface area contributed by atoms with Crippen molar-refractivity contribution in [3.05, 3.63) is 34.4 Å². The van der Waals surface area contributed by atoms with Crippen LogP contribution < -0.4 is 16.0 Å². The van der Waals surface area contributed by atoms with Crippen LogP contribution in [0, 0.1) is 6.92 Å². The van der Waals surface area contributed by atoms with E-state index in [-0.39, 0.29) is 17.3 Å². The van der Waals surface area contributed by atoms with Crippen LogP contribution in [0.25, 0.3) is 0 Å². The number of hydrogen-bond acceptors (Lipinski definition) is 7. The van der Waals surface area contributed by atoms with Gasteiger partial charge in [-0.3, -0.25) is 5.84 Å². The van der Waals surface area contributed by atoms with Gasteiger partial charge in [0.2, 0.25) is 0 Å². The van der Waals surface area contributed by atoms with E-state index < -0.39 is 10.0 Å². The Bertz CT molecular complexity index is 684. The summed E-state index contributed by atoms with van der Waals surface area (Å²) >= 11 is 1.51. The van der Waals surface area contributed by atoms with E-state index in [0.717, 1.165) is 10.7 Å². The Morgan fingerprint density at radius 1 is 1.45 bits per heavy atom. The lowest BCUT2D eigenvalue weighted by atomic mass is 10.4. The number of aryl methyl sites for hydroxylation is 1. The Hall–Kier alpha value is -1.55. The first-order valence-electron chi connectivity index (χ1n) is 5.85. The van der Waals surface area contributed by atoms with Crippen molar-refractivity contribution in [3.8, 4) is 0 Å². The summed E-state index contributed by atoms with van der Waals surface area (Å²) in [5, 5.41) is 2.71. The first-order chi connectivity index (χ1) is 9.53. The van der Waals surface area contributed by atoms with Gasteiger partial charge in [0.1, 0.15) is 0 Å². The molecule has 0 aliphatic heterocycles. The van der Waals surface area contributed by atoms with E-state index in [4.69, 9.17) is 5.84 Å². The fraction of sp³-hybridized carbons (Fsp3) is 0.273. The highest BCUT2D eigenvalue weighted by Gasteiger charge is 2.19. The molecule has 9 heteroatoms. The van der Waals surface area contributed by atoms with Crippen LogP contribution in [0.3, 0.4) is 0 Å². The Morgan fingerprint density at radius 2 is 2.25 bits per heavy atom. The predicted octanol–water partition coefficient (Wildman–Crippen LogP) is 0.653. The number of nitrogens with one attached hydrogen (secondary N) is 2. The van der Waals surface area contributed by atoms with Crippen molar-refractivity contribution in [1.82, 2.24) is 14.7 Å². The maximum absolute atomic E-state index is 12.1. The molecule has 0 aromatic carbocycles. The van der Waals surface area contributed by atoms with Crippen molar-refractivity contribution in [3.63, 3.8) is 0 Å². The zero-order chi connectivity index (χ0) is 14.6. The van der Waals surface area contributed by atoms with Gasteiger partial charge in [0.05, 0.1) is 10.7 Å². The van der Waals surface area contributed by atoms with Crippen LogP contribution in [0.1, 0.15) is 10.7 Å². The maximum atomic E-state index is 12.1. The smallest absolute Gasteiger partial charge is 0.260 e. The second-order valence-electron chi connectivity index (χ2n) is 4.03. The SMILES string of the molecule is Cc1csc(CCNS(=O)(=O)c2ncccc2NN)n1. The molecule has 0 aliphatic rings. The summed E-state index contributed by atoms with van der Waals surface area (Å²) in [5.74, 6) is 5.28. The molecular weight excluding hydrogens is 298 g/mol. The molecule has 4 N–H and O–H groups in total. The van der Waals surface area contributed by atoms with Gasteiger partial charge in [-0.2, -0.15) is 0 Å². The number of nitrogen functional groups attached to an aromatic ring is 1. The minimum Gasteiger partial charge on any atom is -0.321 e. The number of nitrogens with two attached hydrogens (primary N) is 1. The lowest BCUT2D eigenvalue weighted by molar-refractivity contribution is 0.578. The lowest BCUT2D eigenvalue weighted by Gasteiger charge is -2.09. The zero-order valence-corrected chi connectivity index (χ0v) is 12.5. The molecule has 20 heavy (non-hydrogen) atoms. The fourth-order valence-electron chi connectivity index (χ4n) is 1.59. The molecular formula is C11H15N5O2S2. The van der Waals surface area contributed by atoms with Crippen molar-refractivity contribution < 1.29 is 8.42 Å². The Labute approximate surface area is 121 Å². The third kappa shape index (κ3) is 3.51. The first-order valence-corrected chi connectivity index (χ1v) is 8.21. The van der Waals surface area contributed by atoms with E-state index in [1.807, 2.05) is 12.3 Å². The summed E-state index contributed by atoms with van der Waals surface area (Å²) in [6.45, 7) is 2.16. The standard InChI is InChI=1S/C11H15N5O2S2/c1-8-7-19-10(15-8)4-6-14-20(17,18)11-9(16-12)3-2-5-13-11/h2-3,5,7,14,16H,4,6,12H2,1H3. The van der Waals surface area contributed by atoms with Crippen molar-refractivity contribution in [1.29, 1.82) is 0 Å². The number of pyridine rings is 1. The van der Waals surface area contributed by atoms with Crippen molar-refractivity contribution >= 4 is 27.0 Å². The maximum Gasteiger partial charge on any atom is 0.260 e. The van der Waals surface area contributed by atoms with E-state index in [2.05, 4.69) is 20.1 Å². The van der Waals surface area contributed by atoms with Crippen molar-refractivity contribution in [2.24, 2.45) is 5.84 Å². The highest BCUT2D eigenvalue weighted by molar-refractivity contribution is 7.89. The van der Waals surface area contributed by atoms with Gasteiger partial charge in [-0.1, -0.05) is 0 Å². The molecule has 0 spiro atoms. The second kappa shape index (κ2) is 6.27. The van der Waals surface area contributed by atoms with Crippen LogP contribution in [0.5, 0.6) is 0 Å². The number of sulfonamides is 1. The molecule has 0 saturated carbocycles. The van der Waals surface area contributed by atoms with Gasteiger partial charge in [-0.15, -0.1) is 11.3 Å². The van der Waals surface area contributed by atoms with Crippen LogP contribution in [-0.4, -0.2) is 24.9 Å². The predicted molar refractivity (Wildman–Crippen MR) is 77.8 cm³/mol. The average Bonchev–Trinajstić information content (AvgIpc) is 2.84. The lowest BCUT2D eigenvalue weighted by Crippen LogP contribution is -2.28. The highest BCUT2D eigenvalue weighted by Crippen LogP contribution is 2.16. The molecule has 0 aliphatic carbocycles. The largest absolute Gasteiger partial charge is 0.321 e. The van der Waals surface area contributed by atoms with Crippen LogP contribution >= 0.6 is 11.3 Å². The van der Waals surface area contributed by atoms with Gasteiger partial charge >= 0.3 is 0 Å². The first kappa shape index (κ1) is 14.9. The highest BCUT2D eigenvalue weighted by atomic mass is 32.2. The molecule has 7 nitrogen and oxygen atoms in total. The average molecular weight is 313 g/mol. The molecule has 2 aromatic heterocycles. The summed E-state index contributed by atoms with van der Waals surface area (Å²) in [6, 6.07) is 3.15. The summed E-state index contributed by atoms with van der Waals surface area (Å²) in [4.78, 5) is 8.12. The van der Waals surface area contributed by atoms with Crippen molar-refractivity contribution in [2.45, 2.75) is 18.4 Å². The number of aromatic nitrogens is 2. The van der Waals surface area contributed by atoms with E-state index >= 15 is 0 Å². The van der Waals surface area contributed by atoms with E-state index in [1.54, 1.807) is 12.1 Å². The van der Waals surface area contributed by atoms with Gasteiger partial charge in [-0.25, -0.2) is 23.1 Å². The Kier molecular flexibility index (Phi) is 4.65. The Morgan fingerprint density at radius 3 is 2.90 bits per heavy atom. The van der Waals surface area contributed by atoms with Crippen LogP contribution in [-0.2, 0) is 16.4 Å². The number of anilines is 1. The number of hydrogen-bond donors (Lipinski definition) is 3. The van der Waals surface area contributed by atoms with Crippen molar-refractivity contribution in [2.75, 3.05) is 12.0 Å². The number of nitrogens with zero attached hydrogens (tertiary/aromatic N) is 2. The quantitative estimate of drug-likeness (QED) is 0.533. The van der Waals surface area contributed by atoms with Crippen LogP contribution in [0.4, 0.5) is 5.69 Å². The molecule has 0 fully saturated rings. The fourth-order valence-corrected chi connectivity index (χ4v) is 3.49. The number of hydrazine groups is 1. The minimum absolute atomic E-state index is 0.113. The van der Waals surface area contributed by atoms with Gasteiger partial charge in [0.15, 0.2) is 5.03 Å². The third-order valence-corrected chi connectivity index (χ3v) is 4.92. The molecule has 2 heterocycles. The van der Waals surface area contributed by atoms with Crippen LogP contribution in [0.2, 0.25) is 0 Å². The molecule has 0 atom stereocenters. The molecule has 0 unspecified atom stereocenters. The van der Waals surface area contributed by atoms with Gasteiger partial charge in [0.25, 0.3) is 10.0 Å². The van der Waals surface area contributed by atoms with Gasteiger partial charge in [0, 0.05) is 30.2 Å². The molecule has 0 amide bonds. The minimum atomic E-state index is -3.69. The summed E-state index contributed by atoms with van der Waals surface area (Å²) < 4.78 is 26.7. The molecule has 108 valence electrons. The Balaban J connectivity index is 2.04. The van der Waals surface area contributed by atoms with E-state index in [9.17, 15) is 8.42 Å². The second-order valence-corrected chi connectivity index (χ2v) is 6.66. The molecule has 0 saturated heterocycles. The van der Waals surface area contributed by atoms with E-state index in [0.29, 0.717) is 6.42 Å². The summed E-state index contributed by atoms with van der Waals surface area (Å²) in [5.41, 5.74) is 3.51. The topological polar surface area (TPSA) is 110 Å². The summed E-state index contributed by atoms with van der Waals surface area (Å²) in [7, 11) is -3.69. The third-order valence-electron chi connectivity index (χ3n) is 2.48. The zero-order valence-electron chi connectivity index (χ0n) is 10.8. The normalized spacial score (nSPS) is 11.5. The summed E-state index contributed by atoms with van der Waals surface area (Å²) in [6.07, 6.45) is 1.94. The molecule has 2 aromatic rings. The number of thiazole rings is 1. The molecule has 2 rings (SSSR count). The van der Waals surface area contributed by atoms with Gasteiger partial charge in [-0.05, 0) is 19.1 Å². The molecule has 0 bridgehead atoms. The monoisotopic (exact) mass is 313 g/mol. The molecule has 0 radical (unpaired) electrons. The van der Waals surface area contributed by atoms with Gasteiger partial charge < -0.3 is 5.43 Å². The van der Waals surface area contributed by atoms with E-state index in [1.165, 1.54) is 17.5 Å². The van der Waals surface area contributed by atoms with Crippen LogP contribution in [0.15, 0.2) is 28.7 Å². The number of rotatable bonds is 6.